The van der Waals surface area contributed by atoms with E-state index in [1.807, 2.05) is 53.4 Å². The molecule has 0 spiro atoms. The maximum absolute atomic E-state index is 6.19. The van der Waals surface area contributed by atoms with E-state index in [1.165, 1.54) is 0 Å². The predicted molar refractivity (Wildman–Crippen MR) is 129 cm³/mol. The van der Waals surface area contributed by atoms with Gasteiger partial charge in [0.1, 0.15) is 19.0 Å². The van der Waals surface area contributed by atoms with E-state index in [-0.39, 0.29) is 6.10 Å². The van der Waals surface area contributed by atoms with Gasteiger partial charge in [0.15, 0.2) is 17.6 Å². The lowest BCUT2D eigenvalue weighted by atomic mass is 10.1. The molecule has 32 heavy (non-hydrogen) atoms. The zero-order chi connectivity index (χ0) is 21.9. The van der Waals surface area contributed by atoms with Crippen LogP contribution in [0.15, 0.2) is 66.7 Å². The molecule has 0 radical (unpaired) electrons. The third kappa shape index (κ3) is 4.03. The number of aromatic amines is 1. The second-order valence-electron chi connectivity index (χ2n) is 7.61. The molecule has 1 fully saturated rings. The molecule has 6 nitrogen and oxygen atoms in total. The van der Waals surface area contributed by atoms with Crippen molar-refractivity contribution in [2.45, 2.75) is 6.10 Å². The molecular formula is C25H24N2O4S. The highest BCUT2D eigenvalue weighted by Gasteiger charge is 2.29. The maximum Gasteiger partial charge on any atom is 0.260 e. The van der Waals surface area contributed by atoms with Gasteiger partial charge in [-0.25, -0.2) is 0 Å². The van der Waals surface area contributed by atoms with Gasteiger partial charge < -0.3 is 28.8 Å². The highest BCUT2D eigenvalue weighted by atomic mass is 32.1. The van der Waals surface area contributed by atoms with E-state index < -0.39 is 0 Å². The zero-order valence-corrected chi connectivity index (χ0v) is 18.6. The lowest BCUT2D eigenvalue weighted by Gasteiger charge is -2.16. The van der Waals surface area contributed by atoms with Crippen LogP contribution in [0.1, 0.15) is 0 Å². The lowest BCUT2D eigenvalue weighted by Crippen LogP contribution is -2.30. The SMILES string of the molecule is COc1ccccc1OCCN1CC(COc2cccc3[nH]c4ccccc4c23)OC1=S. The number of H-pyrrole nitrogens is 1. The minimum atomic E-state index is -0.130. The molecule has 0 saturated carbocycles. The molecule has 4 aromatic rings. The molecule has 1 aromatic heterocycles. The first-order chi connectivity index (χ1) is 15.7. The van der Waals surface area contributed by atoms with Crippen LogP contribution in [0.4, 0.5) is 0 Å². The second kappa shape index (κ2) is 8.96. The van der Waals surface area contributed by atoms with E-state index in [1.54, 1.807) is 7.11 Å². The molecule has 0 amide bonds. The number of para-hydroxylation sites is 3. The summed E-state index contributed by atoms with van der Waals surface area (Å²) in [7, 11) is 1.63. The van der Waals surface area contributed by atoms with Crippen LogP contribution in [0.2, 0.25) is 0 Å². The van der Waals surface area contributed by atoms with Crippen molar-refractivity contribution in [2.24, 2.45) is 0 Å². The maximum atomic E-state index is 6.19. The Balaban J connectivity index is 1.19. The first-order valence-corrected chi connectivity index (χ1v) is 11.0. The Kier molecular flexibility index (Phi) is 5.73. The van der Waals surface area contributed by atoms with Gasteiger partial charge in [-0.1, -0.05) is 36.4 Å². The normalized spacial score (nSPS) is 15.8. The Morgan fingerprint density at radius 2 is 1.69 bits per heavy atom. The molecule has 1 unspecified atom stereocenters. The number of fused-ring (bicyclic) bond motifs is 3. The van der Waals surface area contributed by atoms with Crippen LogP contribution in [0, 0.1) is 0 Å². The van der Waals surface area contributed by atoms with Crippen LogP contribution in [0.5, 0.6) is 17.2 Å². The zero-order valence-electron chi connectivity index (χ0n) is 17.7. The molecule has 1 aliphatic rings. The third-order valence-electron chi connectivity index (χ3n) is 5.55. The molecule has 1 atom stereocenters. The Bertz CT molecular complexity index is 1260. The number of nitrogens with zero attached hydrogens (tertiary/aromatic N) is 1. The third-order valence-corrected chi connectivity index (χ3v) is 5.91. The first-order valence-electron chi connectivity index (χ1n) is 10.6. The number of benzene rings is 3. The Morgan fingerprint density at radius 3 is 2.56 bits per heavy atom. The predicted octanol–water partition coefficient (Wildman–Crippen LogP) is 4.77. The molecule has 1 N–H and O–H groups in total. The van der Waals surface area contributed by atoms with Crippen molar-refractivity contribution >= 4 is 39.2 Å². The number of rotatable bonds is 8. The number of hydrogen-bond donors (Lipinski definition) is 1. The van der Waals surface area contributed by atoms with Gasteiger partial charge in [0.25, 0.3) is 5.17 Å². The average molecular weight is 449 g/mol. The summed E-state index contributed by atoms with van der Waals surface area (Å²) in [6, 6.07) is 21.9. The fraction of sp³-hybridized carbons (Fsp3) is 0.240. The van der Waals surface area contributed by atoms with Gasteiger partial charge in [-0.15, -0.1) is 0 Å². The van der Waals surface area contributed by atoms with Crippen molar-refractivity contribution in [3.05, 3.63) is 66.7 Å². The molecule has 0 aliphatic carbocycles. The van der Waals surface area contributed by atoms with Crippen molar-refractivity contribution in [3.63, 3.8) is 0 Å². The number of ether oxygens (including phenoxy) is 4. The summed E-state index contributed by atoms with van der Waals surface area (Å²) in [6.07, 6.45) is -0.130. The van der Waals surface area contributed by atoms with Gasteiger partial charge in [-0.05, 0) is 42.5 Å². The van der Waals surface area contributed by atoms with Gasteiger partial charge in [0, 0.05) is 16.3 Å². The second-order valence-corrected chi connectivity index (χ2v) is 7.96. The van der Waals surface area contributed by atoms with E-state index >= 15 is 0 Å². The van der Waals surface area contributed by atoms with Gasteiger partial charge in [0.05, 0.1) is 25.7 Å². The average Bonchev–Trinajstić information content (AvgIpc) is 3.38. The Morgan fingerprint density at radius 1 is 0.938 bits per heavy atom. The minimum Gasteiger partial charge on any atom is -0.493 e. The summed E-state index contributed by atoms with van der Waals surface area (Å²) in [4.78, 5) is 5.45. The van der Waals surface area contributed by atoms with Crippen molar-refractivity contribution < 1.29 is 18.9 Å². The number of aromatic nitrogens is 1. The molecule has 5 rings (SSSR count). The van der Waals surface area contributed by atoms with Crippen LogP contribution in [0.25, 0.3) is 21.8 Å². The molecule has 1 saturated heterocycles. The fourth-order valence-corrected chi connectivity index (χ4v) is 4.32. The Hall–Kier alpha value is -3.45. The quantitative estimate of drug-likeness (QED) is 0.392. The molecule has 2 heterocycles. The van der Waals surface area contributed by atoms with E-state index in [0.29, 0.717) is 43.0 Å². The Labute approximate surface area is 191 Å². The van der Waals surface area contributed by atoms with Crippen LogP contribution in [-0.2, 0) is 4.74 Å². The van der Waals surface area contributed by atoms with E-state index in [0.717, 1.165) is 27.6 Å². The molecule has 7 heteroatoms. The molecular weight excluding hydrogens is 424 g/mol. The van der Waals surface area contributed by atoms with Crippen molar-refractivity contribution in [1.29, 1.82) is 0 Å². The highest BCUT2D eigenvalue weighted by molar-refractivity contribution is 7.80. The summed E-state index contributed by atoms with van der Waals surface area (Å²) in [6.45, 7) is 2.19. The topological polar surface area (TPSA) is 56.0 Å². The van der Waals surface area contributed by atoms with Crippen molar-refractivity contribution in [1.82, 2.24) is 9.88 Å². The standard InChI is InChI=1S/C25H24N2O4S/c1-28-21-10-4-5-11-22(21)29-14-13-27-15-17(31-25(27)32)16-30-23-12-6-9-20-24(23)18-7-2-3-8-19(18)26-20/h2-12,17,26H,13-16H2,1H3. The molecule has 1 aliphatic heterocycles. The smallest absolute Gasteiger partial charge is 0.260 e. The van der Waals surface area contributed by atoms with Crippen LogP contribution in [0.3, 0.4) is 0 Å². The summed E-state index contributed by atoms with van der Waals surface area (Å²) >= 11 is 5.42. The highest BCUT2D eigenvalue weighted by Crippen LogP contribution is 2.33. The molecule has 3 aromatic carbocycles. The number of thiocarbonyl (C=S) groups is 1. The van der Waals surface area contributed by atoms with Gasteiger partial charge in [-0.2, -0.15) is 0 Å². The van der Waals surface area contributed by atoms with Gasteiger partial charge >= 0.3 is 0 Å². The molecule has 0 bridgehead atoms. The van der Waals surface area contributed by atoms with E-state index in [9.17, 15) is 0 Å². The van der Waals surface area contributed by atoms with Crippen molar-refractivity contribution in [2.75, 3.05) is 33.4 Å². The fourth-order valence-electron chi connectivity index (χ4n) is 4.02. The molecule has 164 valence electrons. The monoisotopic (exact) mass is 448 g/mol. The summed E-state index contributed by atoms with van der Waals surface area (Å²) < 4.78 is 23.3. The first kappa shape index (κ1) is 20.5. The summed E-state index contributed by atoms with van der Waals surface area (Å²) in [5, 5.41) is 2.72. The largest absolute Gasteiger partial charge is 0.493 e. The summed E-state index contributed by atoms with van der Waals surface area (Å²) in [5.74, 6) is 2.27. The van der Waals surface area contributed by atoms with Crippen LogP contribution < -0.4 is 14.2 Å². The van der Waals surface area contributed by atoms with Crippen molar-refractivity contribution in [3.8, 4) is 17.2 Å². The minimum absolute atomic E-state index is 0.130. The van der Waals surface area contributed by atoms with Gasteiger partial charge in [-0.3, -0.25) is 0 Å². The number of methoxy groups -OCH3 is 1. The number of nitrogens with one attached hydrogen (secondary N) is 1. The van der Waals surface area contributed by atoms with E-state index in [2.05, 4.69) is 23.2 Å². The van der Waals surface area contributed by atoms with E-state index in [4.69, 9.17) is 31.2 Å². The van der Waals surface area contributed by atoms with Crippen LogP contribution >= 0.6 is 12.2 Å². The lowest BCUT2D eigenvalue weighted by molar-refractivity contribution is 0.148. The number of hydrogen-bond acceptors (Lipinski definition) is 5. The summed E-state index contributed by atoms with van der Waals surface area (Å²) in [5.41, 5.74) is 2.15. The van der Waals surface area contributed by atoms with Crippen LogP contribution in [-0.4, -0.2) is 54.6 Å². The van der Waals surface area contributed by atoms with Gasteiger partial charge in [0.2, 0.25) is 0 Å².